The van der Waals surface area contributed by atoms with Gasteiger partial charge in [-0.05, 0) is 42.9 Å². The van der Waals surface area contributed by atoms with Crippen molar-refractivity contribution in [3.05, 3.63) is 34.9 Å². The molecular formula is C21H29ClN2O4S. The highest BCUT2D eigenvalue weighted by atomic mass is 35.5. The number of nitrogens with zero attached hydrogens (tertiary/aromatic N) is 1. The van der Waals surface area contributed by atoms with Gasteiger partial charge in [-0.3, -0.25) is 0 Å². The molecule has 0 aliphatic carbocycles. The summed E-state index contributed by atoms with van der Waals surface area (Å²) in [6.07, 6.45) is 4.67. The first-order chi connectivity index (χ1) is 13.7. The summed E-state index contributed by atoms with van der Waals surface area (Å²) in [4.78, 5) is 11.6. The Morgan fingerprint density at radius 2 is 1.90 bits per heavy atom. The van der Waals surface area contributed by atoms with E-state index in [2.05, 4.69) is 18.8 Å². The summed E-state index contributed by atoms with van der Waals surface area (Å²) in [5.74, 6) is 3.36. The van der Waals surface area contributed by atoms with Crippen molar-refractivity contribution < 1.29 is 18.3 Å². The Labute approximate surface area is 178 Å². The van der Waals surface area contributed by atoms with Crippen LogP contribution < -0.4 is 5.73 Å². The van der Waals surface area contributed by atoms with Gasteiger partial charge in [0.1, 0.15) is 5.75 Å². The number of carbonyl (C=O) groups is 1. The van der Waals surface area contributed by atoms with Gasteiger partial charge in [0.15, 0.2) is 5.54 Å². The van der Waals surface area contributed by atoms with Gasteiger partial charge >= 0.3 is 5.97 Å². The molecule has 1 saturated heterocycles. The van der Waals surface area contributed by atoms with Crippen LogP contribution in [0.1, 0.15) is 56.9 Å². The molecule has 1 aliphatic heterocycles. The number of nitrogens with two attached hydrogens (primary N) is 1. The smallest absolute Gasteiger partial charge is 0.337 e. The molecule has 1 unspecified atom stereocenters. The Bertz CT molecular complexity index is 853. The molecule has 29 heavy (non-hydrogen) atoms. The van der Waals surface area contributed by atoms with Crippen LogP contribution in [-0.2, 0) is 14.8 Å². The molecule has 6 nitrogen and oxygen atoms in total. The Morgan fingerprint density at radius 3 is 2.45 bits per heavy atom. The summed E-state index contributed by atoms with van der Waals surface area (Å²) in [7, 11) is -3.84. The summed E-state index contributed by atoms with van der Waals surface area (Å²) in [5.41, 5.74) is 4.92. The Balaban J connectivity index is 2.02. The highest BCUT2D eigenvalue weighted by Crippen LogP contribution is 2.30. The first kappa shape index (κ1) is 23.7. The molecule has 1 fully saturated rings. The lowest BCUT2D eigenvalue weighted by molar-refractivity contribution is -0.140. The molecule has 2 rings (SSSR count). The van der Waals surface area contributed by atoms with E-state index in [1.165, 1.54) is 4.31 Å². The van der Waals surface area contributed by atoms with Crippen LogP contribution in [0.5, 0.6) is 0 Å². The fourth-order valence-corrected chi connectivity index (χ4v) is 5.26. The lowest BCUT2D eigenvalue weighted by Gasteiger charge is -2.33. The lowest BCUT2D eigenvalue weighted by atomic mass is 9.90. The summed E-state index contributed by atoms with van der Waals surface area (Å²) in [5, 5.41) is 10.2. The molecule has 1 aliphatic rings. The zero-order valence-electron chi connectivity index (χ0n) is 16.7. The maximum absolute atomic E-state index is 12.8. The van der Waals surface area contributed by atoms with Gasteiger partial charge in [0.05, 0.1) is 0 Å². The van der Waals surface area contributed by atoms with E-state index in [0.29, 0.717) is 37.4 Å². The van der Waals surface area contributed by atoms with Crippen molar-refractivity contribution in [3.63, 3.8) is 0 Å². The van der Waals surface area contributed by atoms with Crippen LogP contribution >= 0.6 is 11.6 Å². The van der Waals surface area contributed by atoms with E-state index in [0.717, 1.165) is 24.8 Å². The van der Waals surface area contributed by atoms with Crippen LogP contribution in [0.4, 0.5) is 0 Å². The maximum atomic E-state index is 12.8. The number of aliphatic carboxylic acids is 1. The number of unbranched alkanes of at least 4 members (excludes halogenated alkanes) is 3. The molecule has 0 aromatic heterocycles. The SMILES string of the molecule is CCCCCC#CC(N)(CS(=O)(=O)N1CCC(c2ccc(Cl)cc2)CC1)C(=O)O. The molecule has 1 aromatic rings. The predicted molar refractivity (Wildman–Crippen MR) is 115 cm³/mol. The number of hydrogen-bond acceptors (Lipinski definition) is 4. The van der Waals surface area contributed by atoms with Crippen molar-refractivity contribution in [1.82, 2.24) is 4.31 Å². The quantitative estimate of drug-likeness (QED) is 0.477. The van der Waals surface area contributed by atoms with E-state index in [-0.39, 0.29) is 5.92 Å². The number of carboxylic acids is 1. The normalized spacial score (nSPS) is 17.9. The highest BCUT2D eigenvalue weighted by Gasteiger charge is 2.41. The van der Waals surface area contributed by atoms with Gasteiger partial charge in [-0.15, -0.1) is 5.92 Å². The van der Waals surface area contributed by atoms with Gasteiger partial charge in [-0.2, -0.15) is 0 Å². The van der Waals surface area contributed by atoms with Gasteiger partial charge in [0.25, 0.3) is 0 Å². The van der Waals surface area contributed by atoms with E-state index in [9.17, 15) is 18.3 Å². The second-order valence-corrected chi connectivity index (χ2v) is 9.92. The molecular weight excluding hydrogens is 412 g/mol. The molecule has 1 atom stereocenters. The van der Waals surface area contributed by atoms with Crippen molar-refractivity contribution in [2.45, 2.75) is 56.9 Å². The van der Waals surface area contributed by atoms with Crippen LogP contribution in [0.2, 0.25) is 5.02 Å². The third-order valence-corrected chi connectivity index (χ3v) is 7.42. The minimum Gasteiger partial charge on any atom is -0.479 e. The molecule has 0 saturated carbocycles. The average molecular weight is 441 g/mol. The number of benzene rings is 1. The van der Waals surface area contributed by atoms with E-state index in [4.69, 9.17) is 17.3 Å². The molecule has 1 aromatic carbocycles. The first-order valence-electron chi connectivity index (χ1n) is 9.93. The Kier molecular flexibility index (Phi) is 8.53. The maximum Gasteiger partial charge on any atom is 0.337 e. The highest BCUT2D eigenvalue weighted by molar-refractivity contribution is 7.89. The Morgan fingerprint density at radius 1 is 1.28 bits per heavy atom. The van der Waals surface area contributed by atoms with Gasteiger partial charge in [0.2, 0.25) is 10.0 Å². The average Bonchev–Trinajstić information content (AvgIpc) is 2.68. The molecule has 3 N–H and O–H groups in total. The van der Waals surface area contributed by atoms with Crippen molar-refractivity contribution >= 4 is 27.6 Å². The number of rotatable bonds is 8. The van der Waals surface area contributed by atoms with Crippen LogP contribution in [0.3, 0.4) is 0 Å². The fraction of sp³-hybridized carbons (Fsp3) is 0.571. The largest absolute Gasteiger partial charge is 0.479 e. The zero-order chi connectivity index (χ0) is 21.5. The van der Waals surface area contributed by atoms with Crippen molar-refractivity contribution in [1.29, 1.82) is 0 Å². The standard InChI is InChI=1S/C21H29ClN2O4S/c1-2-3-4-5-6-13-21(23,20(25)26)16-29(27,28)24-14-11-18(12-15-24)17-7-9-19(22)10-8-17/h7-10,18H,2-5,11-12,14-16,23H2,1H3,(H,25,26). The monoisotopic (exact) mass is 440 g/mol. The topological polar surface area (TPSA) is 101 Å². The lowest BCUT2D eigenvalue weighted by Crippen LogP contribution is -2.55. The molecule has 8 heteroatoms. The zero-order valence-corrected chi connectivity index (χ0v) is 18.3. The summed E-state index contributed by atoms with van der Waals surface area (Å²) in [6, 6.07) is 7.57. The molecule has 0 amide bonds. The van der Waals surface area contributed by atoms with E-state index in [1.807, 2.05) is 24.3 Å². The third kappa shape index (κ3) is 6.71. The van der Waals surface area contributed by atoms with Crippen LogP contribution in [0.25, 0.3) is 0 Å². The van der Waals surface area contributed by atoms with Gasteiger partial charge in [-0.25, -0.2) is 17.5 Å². The molecule has 0 spiro atoms. The summed E-state index contributed by atoms with van der Waals surface area (Å²) < 4.78 is 27.0. The number of sulfonamides is 1. The van der Waals surface area contributed by atoms with E-state index in [1.54, 1.807) is 0 Å². The molecule has 1 heterocycles. The van der Waals surface area contributed by atoms with Gasteiger partial charge in [0, 0.05) is 24.5 Å². The second kappa shape index (κ2) is 10.4. The van der Waals surface area contributed by atoms with Crippen LogP contribution in [0.15, 0.2) is 24.3 Å². The van der Waals surface area contributed by atoms with Gasteiger partial charge in [-0.1, -0.05) is 49.4 Å². The predicted octanol–water partition coefficient (Wildman–Crippen LogP) is 3.22. The molecule has 160 valence electrons. The third-order valence-electron chi connectivity index (χ3n) is 5.20. The van der Waals surface area contributed by atoms with Crippen molar-refractivity contribution in [2.75, 3.05) is 18.8 Å². The Hall–Kier alpha value is -1.59. The van der Waals surface area contributed by atoms with Crippen LogP contribution in [0, 0.1) is 11.8 Å². The number of carboxylic acid groups (broad SMARTS) is 1. The van der Waals surface area contributed by atoms with Crippen LogP contribution in [-0.4, -0.2) is 48.2 Å². The fourth-order valence-electron chi connectivity index (χ4n) is 3.42. The minimum atomic E-state index is -3.84. The number of halogens is 1. The second-order valence-electron chi connectivity index (χ2n) is 7.52. The summed E-state index contributed by atoms with van der Waals surface area (Å²) >= 11 is 5.92. The van der Waals surface area contributed by atoms with Crippen molar-refractivity contribution in [3.8, 4) is 11.8 Å². The van der Waals surface area contributed by atoms with Gasteiger partial charge < -0.3 is 10.8 Å². The van der Waals surface area contributed by atoms with E-state index < -0.39 is 27.3 Å². The first-order valence-corrected chi connectivity index (χ1v) is 11.9. The minimum absolute atomic E-state index is 0.249. The number of hydrogen-bond donors (Lipinski definition) is 2. The molecule has 0 radical (unpaired) electrons. The molecule has 0 bridgehead atoms. The van der Waals surface area contributed by atoms with E-state index >= 15 is 0 Å². The summed E-state index contributed by atoms with van der Waals surface area (Å²) in [6.45, 7) is 2.71. The van der Waals surface area contributed by atoms with Crippen molar-refractivity contribution in [2.24, 2.45) is 5.73 Å². The number of piperidine rings is 1.